The SMILES string of the molecule is C[C@H](CC12CC3CC(CC(C3)C1)C2)NC(=O)CNC(N)=O. The number of hydrogen-bond acceptors (Lipinski definition) is 2. The summed E-state index contributed by atoms with van der Waals surface area (Å²) in [6, 6.07) is -0.484. The molecule has 4 rings (SSSR count). The van der Waals surface area contributed by atoms with Crippen LogP contribution in [0.3, 0.4) is 0 Å². The Hall–Kier alpha value is -1.26. The van der Waals surface area contributed by atoms with Gasteiger partial charge < -0.3 is 16.4 Å². The van der Waals surface area contributed by atoms with Crippen molar-refractivity contribution in [2.75, 3.05) is 6.54 Å². The first-order chi connectivity index (χ1) is 9.94. The lowest BCUT2D eigenvalue weighted by atomic mass is 9.48. The summed E-state index contributed by atoms with van der Waals surface area (Å²) in [5, 5.41) is 5.34. The topological polar surface area (TPSA) is 84.2 Å². The summed E-state index contributed by atoms with van der Waals surface area (Å²) in [7, 11) is 0. The molecule has 0 spiro atoms. The number of nitrogens with two attached hydrogens (primary N) is 1. The lowest BCUT2D eigenvalue weighted by Gasteiger charge is -2.57. The van der Waals surface area contributed by atoms with Gasteiger partial charge in [0.1, 0.15) is 0 Å². The highest BCUT2D eigenvalue weighted by molar-refractivity contribution is 5.83. The van der Waals surface area contributed by atoms with E-state index in [1.165, 1.54) is 38.5 Å². The van der Waals surface area contributed by atoms with Crippen LogP contribution in [-0.2, 0) is 4.79 Å². The van der Waals surface area contributed by atoms with Gasteiger partial charge in [0, 0.05) is 6.04 Å². The standard InChI is InChI=1S/C16H27N3O2/c1-10(19-14(20)9-18-15(17)21)5-16-6-11-2-12(7-16)4-13(3-11)8-16/h10-13H,2-9H2,1H3,(H,19,20)(H3,17,18,21)/t10-,11?,12?,13?,16?/m1/s1. The predicted molar refractivity (Wildman–Crippen MR) is 80.4 cm³/mol. The number of rotatable bonds is 5. The lowest BCUT2D eigenvalue weighted by Crippen LogP contribution is -2.50. The molecule has 4 aliphatic rings. The van der Waals surface area contributed by atoms with Crippen molar-refractivity contribution in [3.05, 3.63) is 0 Å². The minimum absolute atomic E-state index is 0.0272. The summed E-state index contributed by atoms with van der Waals surface area (Å²) in [5.41, 5.74) is 5.45. The molecule has 5 heteroatoms. The fourth-order valence-electron chi connectivity index (χ4n) is 5.73. The number of hydrogen-bond donors (Lipinski definition) is 3. The summed E-state index contributed by atoms with van der Waals surface area (Å²) in [6.45, 7) is 2.06. The Balaban J connectivity index is 1.51. The van der Waals surface area contributed by atoms with Crippen LogP contribution in [0.4, 0.5) is 4.79 Å². The van der Waals surface area contributed by atoms with Gasteiger partial charge in [-0.25, -0.2) is 4.79 Å². The van der Waals surface area contributed by atoms with Crippen molar-refractivity contribution in [2.24, 2.45) is 28.9 Å². The molecule has 0 radical (unpaired) electrons. The van der Waals surface area contributed by atoms with E-state index >= 15 is 0 Å². The zero-order valence-corrected chi connectivity index (χ0v) is 12.9. The molecule has 0 aromatic rings. The van der Waals surface area contributed by atoms with Crippen LogP contribution in [0.1, 0.15) is 51.9 Å². The molecule has 21 heavy (non-hydrogen) atoms. The van der Waals surface area contributed by atoms with E-state index < -0.39 is 6.03 Å². The van der Waals surface area contributed by atoms with Gasteiger partial charge in [-0.05, 0) is 75.0 Å². The van der Waals surface area contributed by atoms with Gasteiger partial charge in [0.15, 0.2) is 0 Å². The molecule has 0 saturated heterocycles. The maximum Gasteiger partial charge on any atom is 0.312 e. The first kappa shape index (κ1) is 14.7. The Morgan fingerprint density at radius 1 is 1.14 bits per heavy atom. The Morgan fingerprint density at radius 2 is 1.67 bits per heavy atom. The molecule has 0 heterocycles. The van der Waals surface area contributed by atoms with E-state index in [1.54, 1.807) is 0 Å². The van der Waals surface area contributed by atoms with Crippen LogP contribution in [0.2, 0.25) is 0 Å². The van der Waals surface area contributed by atoms with E-state index in [0.717, 1.165) is 24.2 Å². The van der Waals surface area contributed by atoms with Gasteiger partial charge in [0.25, 0.3) is 0 Å². The Morgan fingerprint density at radius 3 is 2.14 bits per heavy atom. The number of carbonyl (C=O) groups excluding carboxylic acids is 2. The number of nitrogens with one attached hydrogen (secondary N) is 2. The van der Waals surface area contributed by atoms with Gasteiger partial charge in [-0.1, -0.05) is 0 Å². The third-order valence-electron chi connectivity index (χ3n) is 5.73. The van der Waals surface area contributed by atoms with Crippen molar-refractivity contribution in [3.63, 3.8) is 0 Å². The zero-order valence-electron chi connectivity index (χ0n) is 12.9. The average Bonchev–Trinajstić information content (AvgIpc) is 2.33. The van der Waals surface area contributed by atoms with Crippen LogP contribution in [0.5, 0.6) is 0 Å². The molecule has 3 amide bonds. The highest BCUT2D eigenvalue weighted by Gasteiger charge is 2.50. The molecule has 4 N–H and O–H groups in total. The molecule has 0 aromatic heterocycles. The molecule has 1 atom stereocenters. The van der Waals surface area contributed by atoms with Crippen LogP contribution in [0, 0.1) is 23.2 Å². The van der Waals surface area contributed by atoms with Gasteiger partial charge in [0.05, 0.1) is 6.54 Å². The highest BCUT2D eigenvalue weighted by atomic mass is 16.2. The highest BCUT2D eigenvalue weighted by Crippen LogP contribution is 2.61. The molecule has 4 aliphatic carbocycles. The van der Waals surface area contributed by atoms with E-state index in [1.807, 2.05) is 0 Å². The zero-order chi connectivity index (χ0) is 15.0. The van der Waals surface area contributed by atoms with Crippen LogP contribution in [0.25, 0.3) is 0 Å². The minimum atomic E-state index is -0.654. The summed E-state index contributed by atoms with van der Waals surface area (Å²) < 4.78 is 0. The van der Waals surface area contributed by atoms with E-state index in [0.29, 0.717) is 5.41 Å². The van der Waals surface area contributed by atoms with Crippen LogP contribution >= 0.6 is 0 Å². The smallest absolute Gasteiger partial charge is 0.312 e. The van der Waals surface area contributed by atoms with Crippen LogP contribution in [-0.4, -0.2) is 24.5 Å². The number of primary amides is 1. The molecule has 5 nitrogen and oxygen atoms in total. The van der Waals surface area contributed by atoms with Gasteiger partial charge in [-0.2, -0.15) is 0 Å². The quantitative estimate of drug-likeness (QED) is 0.721. The number of carbonyl (C=O) groups is 2. The number of urea groups is 1. The summed E-state index contributed by atoms with van der Waals surface area (Å²) >= 11 is 0. The molecule has 0 unspecified atom stereocenters. The Bertz CT molecular complexity index is 400. The largest absolute Gasteiger partial charge is 0.352 e. The molecular weight excluding hydrogens is 266 g/mol. The molecule has 118 valence electrons. The van der Waals surface area contributed by atoms with Crippen molar-refractivity contribution >= 4 is 11.9 Å². The van der Waals surface area contributed by atoms with Crippen LogP contribution in [0.15, 0.2) is 0 Å². The first-order valence-electron chi connectivity index (χ1n) is 8.27. The van der Waals surface area contributed by atoms with E-state index in [2.05, 4.69) is 17.6 Å². The molecule has 0 aromatic carbocycles. The van der Waals surface area contributed by atoms with Gasteiger partial charge >= 0.3 is 6.03 Å². The predicted octanol–water partition coefficient (Wildman–Crippen LogP) is 1.77. The monoisotopic (exact) mass is 293 g/mol. The second kappa shape index (κ2) is 5.50. The number of amides is 3. The lowest BCUT2D eigenvalue weighted by molar-refractivity contribution is -0.121. The summed E-state index contributed by atoms with van der Waals surface area (Å²) in [5.74, 6) is 2.67. The fourth-order valence-corrected chi connectivity index (χ4v) is 5.73. The first-order valence-corrected chi connectivity index (χ1v) is 8.27. The summed E-state index contributed by atoms with van der Waals surface area (Å²) in [4.78, 5) is 22.4. The molecule has 0 aliphatic heterocycles. The minimum Gasteiger partial charge on any atom is -0.352 e. The van der Waals surface area contributed by atoms with Gasteiger partial charge in [-0.3, -0.25) is 4.79 Å². The second-order valence-electron chi connectivity index (χ2n) is 7.81. The normalized spacial score (nSPS) is 38.0. The van der Waals surface area contributed by atoms with Crippen molar-refractivity contribution in [3.8, 4) is 0 Å². The van der Waals surface area contributed by atoms with Gasteiger partial charge in [-0.15, -0.1) is 0 Å². The van der Waals surface area contributed by atoms with Crippen molar-refractivity contribution in [1.29, 1.82) is 0 Å². The fraction of sp³-hybridized carbons (Fsp3) is 0.875. The van der Waals surface area contributed by atoms with E-state index in [4.69, 9.17) is 5.73 Å². The van der Waals surface area contributed by atoms with Crippen molar-refractivity contribution in [1.82, 2.24) is 10.6 Å². The molecule has 4 fully saturated rings. The molecule has 4 saturated carbocycles. The maximum absolute atomic E-state index is 11.8. The second-order valence-corrected chi connectivity index (χ2v) is 7.81. The third kappa shape index (κ3) is 3.33. The average molecular weight is 293 g/mol. The van der Waals surface area contributed by atoms with Gasteiger partial charge in [0.2, 0.25) is 5.91 Å². The summed E-state index contributed by atoms with van der Waals surface area (Å²) in [6.07, 6.45) is 9.50. The Labute approximate surface area is 126 Å². The van der Waals surface area contributed by atoms with Crippen LogP contribution < -0.4 is 16.4 Å². The van der Waals surface area contributed by atoms with Crippen molar-refractivity contribution in [2.45, 2.75) is 57.9 Å². The maximum atomic E-state index is 11.8. The van der Waals surface area contributed by atoms with Crippen molar-refractivity contribution < 1.29 is 9.59 Å². The third-order valence-corrected chi connectivity index (χ3v) is 5.73. The van der Waals surface area contributed by atoms with E-state index in [9.17, 15) is 9.59 Å². The Kier molecular flexibility index (Phi) is 3.84. The molecular formula is C16H27N3O2. The molecule has 4 bridgehead atoms. The van der Waals surface area contributed by atoms with E-state index in [-0.39, 0.29) is 18.5 Å².